The van der Waals surface area contributed by atoms with Gasteiger partial charge in [0.15, 0.2) is 11.6 Å². The maximum atomic E-state index is 13.3. The first-order valence-electron chi connectivity index (χ1n) is 8.41. The van der Waals surface area contributed by atoms with Crippen molar-refractivity contribution in [3.63, 3.8) is 0 Å². The highest BCUT2D eigenvalue weighted by atomic mass is 19.2. The van der Waals surface area contributed by atoms with Crippen LogP contribution in [0.2, 0.25) is 0 Å². The average Bonchev–Trinajstić information content (AvgIpc) is 2.61. The third kappa shape index (κ3) is 2.75. The zero-order chi connectivity index (χ0) is 16.7. The molecular weight excluding hydrogens is 310 g/mol. The minimum atomic E-state index is -0.877. The van der Waals surface area contributed by atoms with Gasteiger partial charge in [0.25, 0.3) is 0 Å². The van der Waals surface area contributed by atoms with Gasteiger partial charge in [0.2, 0.25) is 0 Å². The van der Waals surface area contributed by atoms with E-state index in [1.807, 2.05) is 6.07 Å². The summed E-state index contributed by atoms with van der Waals surface area (Å²) in [5.41, 5.74) is 1.05. The molecule has 3 fully saturated rings. The van der Waals surface area contributed by atoms with Gasteiger partial charge >= 0.3 is 0 Å². The lowest BCUT2D eigenvalue weighted by Gasteiger charge is -2.50. The summed E-state index contributed by atoms with van der Waals surface area (Å²) in [6.45, 7) is 4.63. The summed E-state index contributed by atoms with van der Waals surface area (Å²) in [6.07, 6.45) is 2.45. The van der Waals surface area contributed by atoms with Crippen LogP contribution in [-0.2, 0) is 0 Å². The Kier molecular flexibility index (Phi) is 3.92. The number of nitrogens with one attached hydrogen (secondary N) is 1. The number of aromatic nitrogens is 2. The van der Waals surface area contributed by atoms with Crippen LogP contribution in [0.1, 0.15) is 19.8 Å². The Hall–Kier alpha value is -2.08. The lowest BCUT2D eigenvalue weighted by molar-refractivity contribution is 0.0457. The van der Waals surface area contributed by atoms with Gasteiger partial charge in [-0.15, -0.1) is 10.2 Å². The minimum absolute atomic E-state index is 0.385. The van der Waals surface area contributed by atoms with Crippen LogP contribution in [0.5, 0.6) is 0 Å². The summed E-state index contributed by atoms with van der Waals surface area (Å²) in [6, 6.07) is 8.27. The molecule has 0 radical (unpaired) electrons. The molecule has 3 aliphatic heterocycles. The Bertz CT molecular complexity index is 724. The van der Waals surface area contributed by atoms with Crippen LogP contribution in [0.25, 0.3) is 11.3 Å². The summed E-state index contributed by atoms with van der Waals surface area (Å²) < 4.78 is 26.4. The van der Waals surface area contributed by atoms with Crippen LogP contribution in [0.15, 0.2) is 30.3 Å². The molecule has 2 atom stereocenters. The fourth-order valence-corrected chi connectivity index (χ4v) is 3.93. The van der Waals surface area contributed by atoms with Crippen LogP contribution in [0.4, 0.5) is 14.6 Å². The number of nitrogens with zero attached hydrogens (tertiary/aromatic N) is 3. The van der Waals surface area contributed by atoms with Crippen molar-refractivity contribution >= 4 is 5.82 Å². The molecule has 1 aromatic heterocycles. The molecule has 2 bridgehead atoms. The van der Waals surface area contributed by atoms with E-state index in [0.717, 1.165) is 18.0 Å². The van der Waals surface area contributed by atoms with Crippen LogP contribution in [0.3, 0.4) is 0 Å². The number of halogens is 2. The SMILES string of the molecule is CC1C(Nc2ccc(-c3ccc(F)c(F)c3)nn2)C2CCN1CC2. The second-order valence-corrected chi connectivity index (χ2v) is 6.72. The fraction of sp³-hybridized carbons (Fsp3) is 0.444. The van der Waals surface area contributed by atoms with E-state index >= 15 is 0 Å². The van der Waals surface area contributed by atoms with Crippen molar-refractivity contribution in [3.05, 3.63) is 42.0 Å². The van der Waals surface area contributed by atoms with Crippen molar-refractivity contribution in [2.45, 2.75) is 31.8 Å². The third-order valence-electron chi connectivity index (χ3n) is 5.37. The van der Waals surface area contributed by atoms with Gasteiger partial charge in [-0.3, -0.25) is 4.90 Å². The van der Waals surface area contributed by atoms with Crippen molar-refractivity contribution in [2.75, 3.05) is 18.4 Å². The second kappa shape index (κ2) is 6.09. The van der Waals surface area contributed by atoms with E-state index in [1.165, 1.54) is 32.0 Å². The summed E-state index contributed by atoms with van der Waals surface area (Å²) in [7, 11) is 0. The van der Waals surface area contributed by atoms with Crippen molar-refractivity contribution in [3.8, 4) is 11.3 Å². The number of hydrogen-bond donors (Lipinski definition) is 1. The van der Waals surface area contributed by atoms with Gasteiger partial charge in [-0.2, -0.15) is 0 Å². The van der Waals surface area contributed by atoms with Crippen LogP contribution in [-0.4, -0.2) is 40.3 Å². The Morgan fingerprint density at radius 2 is 1.83 bits per heavy atom. The van der Waals surface area contributed by atoms with Gasteiger partial charge in [-0.1, -0.05) is 0 Å². The fourth-order valence-electron chi connectivity index (χ4n) is 3.93. The topological polar surface area (TPSA) is 41.1 Å². The van der Waals surface area contributed by atoms with Crippen molar-refractivity contribution in [1.82, 2.24) is 15.1 Å². The Morgan fingerprint density at radius 1 is 1.04 bits per heavy atom. The smallest absolute Gasteiger partial charge is 0.159 e. The van der Waals surface area contributed by atoms with Crippen molar-refractivity contribution in [1.29, 1.82) is 0 Å². The Balaban J connectivity index is 1.50. The van der Waals surface area contributed by atoms with E-state index in [2.05, 4.69) is 27.3 Å². The predicted molar refractivity (Wildman–Crippen MR) is 88.6 cm³/mol. The zero-order valence-electron chi connectivity index (χ0n) is 13.5. The standard InChI is InChI=1S/C18H20F2N4/c1-11-18(12-6-8-24(11)9-7-12)21-17-5-4-16(22-23-17)13-2-3-14(19)15(20)10-13/h2-5,10-12,18H,6-9H2,1H3,(H,21,23). The molecule has 24 heavy (non-hydrogen) atoms. The highest BCUT2D eigenvalue weighted by Crippen LogP contribution is 2.33. The minimum Gasteiger partial charge on any atom is -0.364 e. The molecule has 3 aliphatic rings. The average molecular weight is 330 g/mol. The molecule has 1 N–H and O–H groups in total. The molecule has 126 valence electrons. The maximum absolute atomic E-state index is 13.3. The van der Waals surface area contributed by atoms with Crippen molar-refractivity contribution in [2.24, 2.45) is 5.92 Å². The molecule has 1 aromatic carbocycles. The summed E-state index contributed by atoms with van der Waals surface area (Å²) in [5.74, 6) is -0.330. The number of anilines is 1. The number of rotatable bonds is 3. The first kappa shape index (κ1) is 15.4. The van der Waals surface area contributed by atoms with Gasteiger partial charge in [0, 0.05) is 17.6 Å². The van der Waals surface area contributed by atoms with Crippen LogP contribution < -0.4 is 5.32 Å². The van der Waals surface area contributed by atoms with Gasteiger partial charge in [0.1, 0.15) is 5.82 Å². The molecule has 0 amide bonds. The van der Waals surface area contributed by atoms with Gasteiger partial charge in [0.05, 0.1) is 5.69 Å². The molecule has 2 aromatic rings. The maximum Gasteiger partial charge on any atom is 0.159 e. The summed E-state index contributed by atoms with van der Waals surface area (Å²) in [5, 5.41) is 11.9. The molecule has 5 rings (SSSR count). The van der Waals surface area contributed by atoms with Gasteiger partial charge in [-0.25, -0.2) is 8.78 Å². The Labute approximate surface area is 139 Å². The van der Waals surface area contributed by atoms with Gasteiger partial charge < -0.3 is 5.32 Å². The molecule has 2 unspecified atom stereocenters. The largest absolute Gasteiger partial charge is 0.364 e. The van der Waals surface area contributed by atoms with E-state index in [9.17, 15) is 8.78 Å². The first-order chi connectivity index (χ1) is 11.6. The third-order valence-corrected chi connectivity index (χ3v) is 5.37. The quantitative estimate of drug-likeness (QED) is 0.937. The number of benzene rings is 1. The number of hydrogen-bond acceptors (Lipinski definition) is 4. The van der Waals surface area contributed by atoms with E-state index in [4.69, 9.17) is 0 Å². The van der Waals surface area contributed by atoms with Gasteiger partial charge in [-0.05, 0) is 69.1 Å². The normalized spacial score (nSPS) is 28.8. The highest BCUT2D eigenvalue weighted by molar-refractivity contribution is 5.59. The molecular formula is C18H20F2N4. The van der Waals surface area contributed by atoms with Crippen molar-refractivity contribution < 1.29 is 8.78 Å². The van der Waals surface area contributed by atoms with Crippen LogP contribution >= 0.6 is 0 Å². The molecule has 4 nitrogen and oxygen atoms in total. The molecule has 0 spiro atoms. The highest BCUT2D eigenvalue weighted by Gasteiger charge is 2.39. The second-order valence-electron chi connectivity index (χ2n) is 6.72. The number of piperidine rings is 3. The van der Waals surface area contributed by atoms with E-state index in [0.29, 0.717) is 29.3 Å². The van der Waals surface area contributed by atoms with E-state index < -0.39 is 11.6 Å². The molecule has 6 heteroatoms. The molecule has 3 saturated heterocycles. The van der Waals surface area contributed by atoms with E-state index in [1.54, 1.807) is 6.07 Å². The lowest BCUT2D eigenvalue weighted by atomic mass is 9.79. The summed E-state index contributed by atoms with van der Waals surface area (Å²) in [4.78, 5) is 2.51. The number of fused-ring (bicyclic) bond motifs is 3. The Morgan fingerprint density at radius 3 is 2.46 bits per heavy atom. The molecule has 0 aliphatic carbocycles. The zero-order valence-corrected chi connectivity index (χ0v) is 13.5. The van der Waals surface area contributed by atoms with Crippen LogP contribution in [0, 0.1) is 17.6 Å². The molecule has 0 saturated carbocycles. The lowest BCUT2D eigenvalue weighted by Crippen LogP contribution is -2.59. The first-order valence-corrected chi connectivity index (χ1v) is 8.41. The van der Waals surface area contributed by atoms with E-state index in [-0.39, 0.29) is 0 Å². The predicted octanol–water partition coefficient (Wildman–Crippen LogP) is 3.32. The molecule has 4 heterocycles. The summed E-state index contributed by atoms with van der Waals surface area (Å²) >= 11 is 0. The monoisotopic (exact) mass is 330 g/mol.